The molecule has 0 aliphatic carbocycles. The zero-order chi connectivity index (χ0) is 19.9. The van der Waals surface area contributed by atoms with Crippen molar-refractivity contribution < 1.29 is 14.7 Å². The van der Waals surface area contributed by atoms with Crippen molar-refractivity contribution in [1.82, 2.24) is 0 Å². The molecule has 0 unspecified atom stereocenters. The Morgan fingerprint density at radius 2 is 1.62 bits per heavy atom. The van der Waals surface area contributed by atoms with Gasteiger partial charge in [0.05, 0.1) is 6.20 Å². The summed E-state index contributed by atoms with van der Waals surface area (Å²) in [6.07, 6.45) is 7.18. The number of H-pyrrole nitrogens is 1. The lowest BCUT2D eigenvalue weighted by Crippen LogP contribution is -3.15. The highest BCUT2D eigenvalue weighted by Crippen LogP contribution is 2.21. The van der Waals surface area contributed by atoms with Gasteiger partial charge in [0, 0.05) is 30.5 Å². The number of hydrogen-bond acceptors (Lipinski definition) is 3. The van der Waals surface area contributed by atoms with Crippen molar-refractivity contribution in [3.8, 4) is 0 Å². The molecular weight excluding hydrogens is 362 g/mol. The van der Waals surface area contributed by atoms with Crippen molar-refractivity contribution in [1.29, 1.82) is 0 Å². The average molecular weight is 396 g/mol. The summed E-state index contributed by atoms with van der Waals surface area (Å²) in [5.74, 6) is 1.25. The van der Waals surface area contributed by atoms with Crippen LogP contribution < -0.4 is 25.0 Å². The van der Waals surface area contributed by atoms with E-state index in [1.807, 2.05) is 24.4 Å². The SMILES string of the molecule is O=C(C[NH+]1CCN(c2cccc[nH+]2)CC1)Nc1ccc(N2CCCCCC2)cc1. The van der Waals surface area contributed by atoms with Crippen LogP contribution in [0.3, 0.4) is 0 Å². The molecule has 0 bridgehead atoms. The summed E-state index contributed by atoms with van der Waals surface area (Å²) in [5.41, 5.74) is 2.16. The normalized spacial score (nSPS) is 18.3. The number of piperazine rings is 1. The van der Waals surface area contributed by atoms with Crippen LogP contribution in [0.2, 0.25) is 0 Å². The van der Waals surface area contributed by atoms with E-state index < -0.39 is 0 Å². The molecule has 154 valence electrons. The minimum Gasteiger partial charge on any atom is -0.372 e. The van der Waals surface area contributed by atoms with E-state index in [0.29, 0.717) is 6.54 Å². The number of hydrogen-bond donors (Lipinski definition) is 2. The quantitative estimate of drug-likeness (QED) is 0.801. The Morgan fingerprint density at radius 3 is 2.28 bits per heavy atom. The Kier molecular flexibility index (Phi) is 6.62. The van der Waals surface area contributed by atoms with Gasteiger partial charge in [-0.3, -0.25) is 9.69 Å². The minimum absolute atomic E-state index is 0.0993. The highest BCUT2D eigenvalue weighted by molar-refractivity contribution is 5.91. The molecule has 2 aliphatic heterocycles. The van der Waals surface area contributed by atoms with Crippen LogP contribution in [0.1, 0.15) is 25.7 Å². The van der Waals surface area contributed by atoms with E-state index >= 15 is 0 Å². The van der Waals surface area contributed by atoms with E-state index in [1.165, 1.54) is 36.3 Å². The lowest BCUT2D eigenvalue weighted by molar-refractivity contribution is -0.892. The van der Waals surface area contributed by atoms with Gasteiger partial charge in [-0.1, -0.05) is 18.9 Å². The molecular formula is C23H33N5O+2. The zero-order valence-corrected chi connectivity index (χ0v) is 17.2. The fourth-order valence-electron chi connectivity index (χ4n) is 4.34. The van der Waals surface area contributed by atoms with E-state index in [4.69, 9.17) is 0 Å². The number of rotatable bonds is 5. The van der Waals surface area contributed by atoms with E-state index in [-0.39, 0.29) is 5.91 Å². The summed E-state index contributed by atoms with van der Waals surface area (Å²) in [7, 11) is 0. The van der Waals surface area contributed by atoms with Gasteiger partial charge < -0.3 is 15.1 Å². The largest absolute Gasteiger partial charge is 0.372 e. The predicted octanol–water partition coefficient (Wildman–Crippen LogP) is 1.22. The van der Waals surface area contributed by atoms with Gasteiger partial charge in [0.15, 0.2) is 6.54 Å². The number of aromatic nitrogens is 1. The Labute approximate surface area is 173 Å². The first-order valence-electron chi connectivity index (χ1n) is 11.0. The van der Waals surface area contributed by atoms with Crippen molar-refractivity contribution in [2.24, 2.45) is 0 Å². The molecule has 29 heavy (non-hydrogen) atoms. The number of anilines is 3. The smallest absolute Gasteiger partial charge is 0.279 e. The van der Waals surface area contributed by atoms with Crippen LogP contribution in [0.15, 0.2) is 48.7 Å². The molecule has 6 heteroatoms. The first-order chi connectivity index (χ1) is 14.3. The summed E-state index contributed by atoms with van der Waals surface area (Å²) >= 11 is 0. The van der Waals surface area contributed by atoms with Gasteiger partial charge in [0.1, 0.15) is 26.2 Å². The summed E-state index contributed by atoms with van der Waals surface area (Å²) in [5, 5.41) is 3.08. The zero-order valence-electron chi connectivity index (χ0n) is 17.2. The third-order valence-electron chi connectivity index (χ3n) is 6.04. The summed E-state index contributed by atoms with van der Waals surface area (Å²) < 4.78 is 0. The maximum Gasteiger partial charge on any atom is 0.279 e. The van der Waals surface area contributed by atoms with Gasteiger partial charge in [0.25, 0.3) is 11.7 Å². The number of carbonyl (C=O) groups excluding carboxylic acids is 1. The van der Waals surface area contributed by atoms with Gasteiger partial charge in [-0.15, -0.1) is 0 Å². The Balaban J connectivity index is 1.23. The Hall–Kier alpha value is -2.60. The maximum absolute atomic E-state index is 12.5. The highest BCUT2D eigenvalue weighted by Gasteiger charge is 2.27. The number of amides is 1. The van der Waals surface area contributed by atoms with Crippen LogP contribution in [0, 0.1) is 0 Å². The van der Waals surface area contributed by atoms with Crippen molar-refractivity contribution in [3.05, 3.63) is 48.7 Å². The molecule has 4 rings (SSSR count). The third kappa shape index (κ3) is 5.48. The molecule has 3 N–H and O–H groups in total. The van der Waals surface area contributed by atoms with Crippen LogP contribution in [0.25, 0.3) is 0 Å². The van der Waals surface area contributed by atoms with Gasteiger partial charge >= 0.3 is 0 Å². The molecule has 3 heterocycles. The average Bonchev–Trinajstić information content (AvgIpc) is 3.05. The number of pyridine rings is 1. The molecule has 2 aliphatic rings. The molecule has 2 saturated heterocycles. The van der Waals surface area contributed by atoms with Crippen LogP contribution in [0.5, 0.6) is 0 Å². The lowest BCUT2D eigenvalue weighted by atomic mass is 10.2. The topological polar surface area (TPSA) is 54.2 Å². The molecule has 6 nitrogen and oxygen atoms in total. The second kappa shape index (κ2) is 9.74. The Bertz CT molecular complexity index is 764. The molecule has 0 atom stereocenters. The third-order valence-corrected chi connectivity index (χ3v) is 6.04. The minimum atomic E-state index is 0.0993. The van der Waals surface area contributed by atoms with Crippen molar-refractivity contribution in [2.75, 3.05) is 60.9 Å². The predicted molar refractivity (Wildman–Crippen MR) is 117 cm³/mol. The van der Waals surface area contributed by atoms with Crippen LogP contribution in [-0.4, -0.2) is 51.7 Å². The van der Waals surface area contributed by atoms with E-state index in [0.717, 1.165) is 50.8 Å². The Morgan fingerprint density at radius 1 is 0.897 bits per heavy atom. The molecule has 2 aromatic rings. The molecule has 2 fully saturated rings. The number of nitrogens with zero attached hydrogens (tertiary/aromatic N) is 2. The molecule has 0 spiro atoms. The summed E-state index contributed by atoms with van der Waals surface area (Å²) in [4.78, 5) is 22.0. The summed E-state index contributed by atoms with van der Waals surface area (Å²) in [6.45, 7) is 6.69. The molecule has 1 aromatic heterocycles. The molecule has 0 radical (unpaired) electrons. The van der Waals surface area contributed by atoms with Gasteiger partial charge in [0.2, 0.25) is 0 Å². The van der Waals surface area contributed by atoms with Crippen LogP contribution in [-0.2, 0) is 4.79 Å². The second-order valence-electron chi connectivity index (χ2n) is 8.16. The number of aromatic amines is 1. The van der Waals surface area contributed by atoms with Crippen molar-refractivity contribution in [3.63, 3.8) is 0 Å². The first-order valence-corrected chi connectivity index (χ1v) is 11.0. The number of nitrogens with one attached hydrogen (secondary N) is 3. The van der Waals surface area contributed by atoms with Crippen molar-refractivity contribution in [2.45, 2.75) is 25.7 Å². The van der Waals surface area contributed by atoms with E-state index in [9.17, 15) is 4.79 Å². The standard InChI is InChI=1S/C23H31N5O/c29-23(19-26-15-17-28(18-16-26)22-7-3-4-12-24-22)25-20-8-10-21(11-9-20)27-13-5-1-2-6-14-27/h3-4,7-12H,1-2,5-6,13-19H2,(H,25,29)/p+2. The maximum atomic E-state index is 12.5. The van der Waals surface area contributed by atoms with Gasteiger partial charge in [-0.25, -0.2) is 4.98 Å². The van der Waals surface area contributed by atoms with E-state index in [2.05, 4.69) is 44.4 Å². The van der Waals surface area contributed by atoms with Crippen LogP contribution in [0.4, 0.5) is 17.2 Å². The molecule has 1 aromatic carbocycles. The number of quaternary nitrogens is 1. The van der Waals surface area contributed by atoms with Gasteiger partial charge in [-0.05, 0) is 43.2 Å². The fourth-order valence-corrected chi connectivity index (χ4v) is 4.34. The molecule has 1 amide bonds. The fraction of sp³-hybridized carbons (Fsp3) is 0.478. The van der Waals surface area contributed by atoms with Gasteiger partial charge in [-0.2, -0.15) is 0 Å². The van der Waals surface area contributed by atoms with Crippen molar-refractivity contribution >= 4 is 23.1 Å². The second-order valence-corrected chi connectivity index (χ2v) is 8.16. The first kappa shape index (κ1) is 19.7. The molecule has 0 saturated carbocycles. The number of benzene rings is 1. The monoisotopic (exact) mass is 395 g/mol. The van der Waals surface area contributed by atoms with Crippen LogP contribution >= 0.6 is 0 Å². The highest BCUT2D eigenvalue weighted by atomic mass is 16.2. The number of carbonyl (C=O) groups is 1. The summed E-state index contributed by atoms with van der Waals surface area (Å²) in [6, 6.07) is 14.5. The van der Waals surface area contributed by atoms with E-state index in [1.54, 1.807) is 0 Å². The lowest BCUT2D eigenvalue weighted by Gasteiger charge is -2.27.